The maximum absolute atomic E-state index is 14.5. The first-order valence-corrected chi connectivity index (χ1v) is 20.5. The average molecular weight is 720 g/mol. The first-order chi connectivity index (χ1) is 23.1. The number of likely N-dealkylation sites (tertiary alicyclic amines) is 1. The van der Waals surface area contributed by atoms with Gasteiger partial charge in [0.2, 0.25) is 17.6 Å². The lowest BCUT2D eigenvalue weighted by molar-refractivity contribution is -0.145. The van der Waals surface area contributed by atoms with Gasteiger partial charge in [0.05, 0.1) is 22.1 Å². The Hall–Kier alpha value is -2.70. The molecule has 13 heteroatoms. The van der Waals surface area contributed by atoms with Gasteiger partial charge in [0, 0.05) is 12.6 Å². The van der Waals surface area contributed by atoms with Crippen molar-refractivity contribution in [3.8, 4) is 0 Å². The van der Waals surface area contributed by atoms with Crippen LogP contribution < -0.4 is 21.3 Å². The molecule has 0 aromatic rings. The minimum atomic E-state index is -3.56. The lowest BCUT2D eigenvalue weighted by Gasteiger charge is -2.41. The lowest BCUT2D eigenvalue weighted by atomic mass is 9.83. The Bertz CT molecular complexity index is 1470. The van der Waals surface area contributed by atoms with Gasteiger partial charge in [-0.2, -0.15) is 0 Å². The van der Waals surface area contributed by atoms with Gasteiger partial charge in [0.15, 0.2) is 9.84 Å². The number of sulfone groups is 1. The fourth-order valence-electron chi connectivity index (χ4n) is 8.13. The second-order valence-electron chi connectivity index (χ2n) is 18.7. The summed E-state index contributed by atoms with van der Waals surface area (Å²) in [4.78, 5) is 70.1. The molecule has 0 aromatic carbocycles. The van der Waals surface area contributed by atoms with Crippen molar-refractivity contribution < 1.29 is 32.4 Å². The van der Waals surface area contributed by atoms with Gasteiger partial charge >= 0.3 is 6.03 Å². The Morgan fingerprint density at radius 2 is 1.50 bits per heavy atom. The van der Waals surface area contributed by atoms with E-state index in [0.29, 0.717) is 31.7 Å². The number of ketones is 1. The van der Waals surface area contributed by atoms with Crippen LogP contribution in [0.1, 0.15) is 126 Å². The molecular weight excluding hydrogens is 659 g/mol. The third kappa shape index (κ3) is 8.49. The molecule has 0 spiro atoms. The van der Waals surface area contributed by atoms with E-state index < -0.39 is 73.2 Å². The number of Topliss-reactive ketones (excluding diaryl/α,β-unsaturated/α-hetero) is 1. The van der Waals surface area contributed by atoms with Crippen LogP contribution in [-0.2, 0) is 29.0 Å². The molecule has 50 heavy (non-hydrogen) atoms. The van der Waals surface area contributed by atoms with E-state index in [-0.39, 0.29) is 29.0 Å². The van der Waals surface area contributed by atoms with E-state index in [1.54, 1.807) is 25.7 Å². The predicted molar refractivity (Wildman–Crippen MR) is 191 cm³/mol. The van der Waals surface area contributed by atoms with Gasteiger partial charge in [-0.25, -0.2) is 13.2 Å². The molecule has 5 fully saturated rings. The van der Waals surface area contributed by atoms with Gasteiger partial charge in [0.1, 0.15) is 12.1 Å². The standard InChI is InChI=1S/C37H61N5O7S/c1-34(2,3)29(40-33(47)41-37(18-10-9-11-19-37)21-50(48,49)35(4,5)6)32(46)42-20-24-26(36(24,7)8)27(42)30(44)39-25(17-14-22-12-13-22)28(43)31(45)38-23-15-16-23/h22-27,29H,9-21H2,1-8H3,(H,38,45)(H,39,44)(H2,40,41,47)/t24-,25?,26-,27-,29?/m0/s1. The minimum Gasteiger partial charge on any atom is -0.347 e. The molecule has 5 aliphatic rings. The molecular formula is C37H61N5O7S. The van der Waals surface area contributed by atoms with Crippen molar-refractivity contribution in [3.05, 3.63) is 0 Å². The minimum absolute atomic E-state index is 0.0112. The predicted octanol–water partition coefficient (Wildman–Crippen LogP) is 3.62. The summed E-state index contributed by atoms with van der Waals surface area (Å²) in [6, 6.07) is -3.45. The number of nitrogens with zero attached hydrogens (tertiary/aromatic N) is 1. The molecule has 1 saturated heterocycles. The highest BCUT2D eigenvalue weighted by Crippen LogP contribution is 2.65. The van der Waals surface area contributed by atoms with Crippen LogP contribution in [0.4, 0.5) is 4.79 Å². The summed E-state index contributed by atoms with van der Waals surface area (Å²) in [6.45, 7) is 15.0. The van der Waals surface area contributed by atoms with Crippen LogP contribution in [0, 0.1) is 28.6 Å². The number of carbonyl (C=O) groups excluding carboxylic acids is 5. The molecule has 4 aliphatic carbocycles. The average Bonchev–Trinajstić information content (AvgIpc) is 3.95. The Morgan fingerprint density at radius 1 is 0.880 bits per heavy atom. The Labute approximate surface area is 298 Å². The molecule has 4 N–H and O–H groups in total. The van der Waals surface area contributed by atoms with E-state index in [4.69, 9.17) is 0 Å². The van der Waals surface area contributed by atoms with E-state index in [2.05, 4.69) is 35.1 Å². The van der Waals surface area contributed by atoms with Crippen LogP contribution in [-0.4, -0.2) is 89.6 Å². The van der Waals surface area contributed by atoms with Crippen molar-refractivity contribution in [2.24, 2.45) is 28.6 Å². The summed E-state index contributed by atoms with van der Waals surface area (Å²) in [5, 5.41) is 11.6. The number of hydrogen-bond acceptors (Lipinski definition) is 7. The van der Waals surface area contributed by atoms with Crippen LogP contribution in [0.5, 0.6) is 0 Å². The monoisotopic (exact) mass is 719 g/mol. The second-order valence-corrected chi connectivity index (χ2v) is 21.4. The highest BCUT2D eigenvalue weighted by atomic mass is 32.2. The van der Waals surface area contributed by atoms with E-state index in [1.807, 2.05) is 20.8 Å². The van der Waals surface area contributed by atoms with E-state index in [0.717, 1.165) is 51.4 Å². The summed E-state index contributed by atoms with van der Waals surface area (Å²) in [7, 11) is -3.56. The molecule has 12 nitrogen and oxygen atoms in total. The van der Waals surface area contributed by atoms with Crippen molar-refractivity contribution in [1.82, 2.24) is 26.2 Å². The summed E-state index contributed by atoms with van der Waals surface area (Å²) in [6.07, 6.45) is 8.52. The molecule has 1 heterocycles. The van der Waals surface area contributed by atoms with E-state index >= 15 is 0 Å². The normalized spacial score (nSPS) is 27.0. The molecule has 1 aliphatic heterocycles. The maximum atomic E-state index is 14.5. The number of urea groups is 1. The third-order valence-corrected chi connectivity index (χ3v) is 14.9. The van der Waals surface area contributed by atoms with Crippen molar-refractivity contribution in [2.45, 2.75) is 160 Å². The number of rotatable bonds is 13. The number of hydrogen-bond donors (Lipinski definition) is 4. The summed E-state index contributed by atoms with van der Waals surface area (Å²) in [5.74, 6) is -1.92. The van der Waals surface area contributed by atoms with Crippen molar-refractivity contribution in [3.63, 3.8) is 0 Å². The maximum Gasteiger partial charge on any atom is 0.315 e. The largest absolute Gasteiger partial charge is 0.347 e. The fourth-order valence-corrected chi connectivity index (χ4v) is 9.65. The van der Waals surface area contributed by atoms with E-state index in [9.17, 15) is 32.4 Å². The SMILES string of the molecule is CC(C)(C)C(NC(=O)NC1(CS(=O)(=O)C(C)(C)C)CCCCC1)C(=O)N1C[C@H]2[C@@H]([C@H]1C(=O)NC(CCC1CC1)C(=O)C(=O)NC1CC1)C2(C)C. The van der Waals surface area contributed by atoms with Crippen molar-refractivity contribution in [2.75, 3.05) is 12.3 Å². The van der Waals surface area contributed by atoms with Crippen molar-refractivity contribution >= 4 is 39.4 Å². The van der Waals surface area contributed by atoms with Gasteiger partial charge in [-0.1, -0.05) is 66.7 Å². The number of carbonyl (C=O) groups is 5. The summed E-state index contributed by atoms with van der Waals surface area (Å²) < 4.78 is 25.7. The van der Waals surface area contributed by atoms with E-state index in [1.165, 1.54) is 0 Å². The smallest absolute Gasteiger partial charge is 0.315 e. The molecule has 0 aromatic heterocycles. The molecule has 0 bridgehead atoms. The topological polar surface area (TPSA) is 171 Å². The number of piperidine rings is 1. The molecule has 5 rings (SSSR count). The zero-order valence-electron chi connectivity index (χ0n) is 31.4. The zero-order chi connectivity index (χ0) is 37.0. The van der Waals surface area contributed by atoms with Gasteiger partial charge in [-0.15, -0.1) is 0 Å². The Balaban J connectivity index is 1.33. The first-order valence-electron chi connectivity index (χ1n) is 18.8. The second kappa shape index (κ2) is 13.7. The van der Waals surface area contributed by atoms with Crippen LogP contribution in [0.3, 0.4) is 0 Å². The summed E-state index contributed by atoms with van der Waals surface area (Å²) in [5.41, 5.74) is -1.89. The van der Waals surface area contributed by atoms with Gasteiger partial charge in [-0.3, -0.25) is 19.2 Å². The fraction of sp³-hybridized carbons (Fsp3) is 0.865. The zero-order valence-corrected chi connectivity index (χ0v) is 32.3. The number of fused-ring (bicyclic) bond motifs is 1. The molecule has 282 valence electrons. The lowest BCUT2D eigenvalue weighted by Crippen LogP contribution is -2.64. The van der Waals surface area contributed by atoms with Crippen LogP contribution in [0.2, 0.25) is 0 Å². The van der Waals surface area contributed by atoms with Crippen molar-refractivity contribution in [1.29, 1.82) is 0 Å². The number of amides is 5. The van der Waals surface area contributed by atoms with Gasteiger partial charge in [0.25, 0.3) is 5.91 Å². The third-order valence-electron chi connectivity index (χ3n) is 12.1. The molecule has 4 saturated carbocycles. The highest BCUT2D eigenvalue weighted by Gasteiger charge is 2.70. The highest BCUT2D eigenvalue weighted by molar-refractivity contribution is 7.92. The molecule has 5 atom stereocenters. The van der Waals surface area contributed by atoms with Gasteiger partial charge < -0.3 is 26.2 Å². The Morgan fingerprint density at radius 3 is 2.04 bits per heavy atom. The van der Waals surface area contributed by atoms with Crippen LogP contribution >= 0.6 is 0 Å². The first kappa shape index (κ1) is 38.5. The molecule has 5 amide bonds. The van der Waals surface area contributed by atoms with Crippen LogP contribution in [0.25, 0.3) is 0 Å². The molecule has 2 unspecified atom stereocenters. The molecule has 0 radical (unpaired) electrons. The quantitative estimate of drug-likeness (QED) is 0.211. The Kier molecular flexibility index (Phi) is 10.6. The van der Waals surface area contributed by atoms with Gasteiger partial charge in [-0.05, 0) is 87.9 Å². The summed E-state index contributed by atoms with van der Waals surface area (Å²) >= 11 is 0. The van der Waals surface area contributed by atoms with Crippen LogP contribution in [0.15, 0.2) is 0 Å². The number of nitrogens with one attached hydrogen (secondary N) is 4.